The SMILES string of the molecule is C[C@H](NS(=O)(=O)c1cccs1)C(=O)N1CCc2ccccc2C1. The molecule has 0 unspecified atom stereocenters. The number of nitrogens with zero attached hydrogens (tertiary/aromatic N) is 1. The molecule has 5 nitrogen and oxygen atoms in total. The average molecular weight is 350 g/mol. The lowest BCUT2D eigenvalue weighted by molar-refractivity contribution is -0.133. The number of carbonyl (C=O) groups is 1. The number of fused-ring (bicyclic) bond motifs is 1. The molecule has 1 aromatic carbocycles. The molecule has 0 radical (unpaired) electrons. The summed E-state index contributed by atoms with van der Waals surface area (Å²) in [6.45, 7) is 2.73. The molecule has 1 atom stereocenters. The van der Waals surface area contributed by atoms with Crippen molar-refractivity contribution in [1.82, 2.24) is 9.62 Å². The van der Waals surface area contributed by atoms with Gasteiger partial charge in [-0.05, 0) is 35.9 Å². The van der Waals surface area contributed by atoms with Gasteiger partial charge in [0, 0.05) is 13.1 Å². The molecule has 2 heterocycles. The number of hydrogen-bond donors (Lipinski definition) is 1. The highest BCUT2D eigenvalue weighted by molar-refractivity contribution is 7.91. The molecule has 1 aromatic heterocycles. The highest BCUT2D eigenvalue weighted by Gasteiger charge is 2.28. The molecule has 0 saturated carbocycles. The molecule has 2 aromatic rings. The summed E-state index contributed by atoms with van der Waals surface area (Å²) < 4.78 is 27.1. The van der Waals surface area contributed by atoms with Crippen LogP contribution in [0.2, 0.25) is 0 Å². The molecule has 1 amide bonds. The Morgan fingerprint density at radius 2 is 1.96 bits per heavy atom. The molecule has 7 heteroatoms. The topological polar surface area (TPSA) is 66.5 Å². The third kappa shape index (κ3) is 3.46. The zero-order valence-corrected chi connectivity index (χ0v) is 14.4. The summed E-state index contributed by atoms with van der Waals surface area (Å²) in [5.74, 6) is -0.195. The maximum Gasteiger partial charge on any atom is 0.250 e. The molecule has 1 aliphatic rings. The second-order valence-electron chi connectivity index (χ2n) is 5.55. The minimum Gasteiger partial charge on any atom is -0.337 e. The summed E-state index contributed by atoms with van der Waals surface area (Å²) in [5, 5.41) is 1.70. The smallest absolute Gasteiger partial charge is 0.250 e. The van der Waals surface area contributed by atoms with Gasteiger partial charge < -0.3 is 4.90 Å². The summed E-state index contributed by atoms with van der Waals surface area (Å²) in [4.78, 5) is 14.3. The zero-order chi connectivity index (χ0) is 16.4. The van der Waals surface area contributed by atoms with E-state index < -0.39 is 16.1 Å². The lowest BCUT2D eigenvalue weighted by Crippen LogP contribution is -2.48. The number of nitrogens with one attached hydrogen (secondary N) is 1. The number of thiophene rings is 1. The van der Waals surface area contributed by atoms with Crippen LogP contribution in [0.1, 0.15) is 18.1 Å². The summed E-state index contributed by atoms with van der Waals surface area (Å²) in [7, 11) is -3.64. The van der Waals surface area contributed by atoms with Crippen molar-refractivity contribution in [3.05, 3.63) is 52.9 Å². The zero-order valence-electron chi connectivity index (χ0n) is 12.7. The molecule has 0 aliphatic carbocycles. The van der Waals surface area contributed by atoms with Crippen molar-refractivity contribution < 1.29 is 13.2 Å². The Hall–Kier alpha value is -1.70. The van der Waals surface area contributed by atoms with E-state index in [0.717, 1.165) is 23.3 Å². The van der Waals surface area contributed by atoms with E-state index in [9.17, 15) is 13.2 Å². The van der Waals surface area contributed by atoms with Gasteiger partial charge >= 0.3 is 0 Å². The molecule has 0 saturated heterocycles. The van der Waals surface area contributed by atoms with Gasteiger partial charge in [0.25, 0.3) is 10.0 Å². The van der Waals surface area contributed by atoms with Crippen molar-refractivity contribution in [2.75, 3.05) is 6.54 Å². The minimum absolute atomic E-state index is 0.195. The average Bonchev–Trinajstić information content (AvgIpc) is 3.08. The normalized spacial score (nSPS) is 16.0. The first kappa shape index (κ1) is 16.2. The summed E-state index contributed by atoms with van der Waals surface area (Å²) in [6.07, 6.45) is 0.798. The maximum absolute atomic E-state index is 12.6. The van der Waals surface area contributed by atoms with Crippen LogP contribution in [0, 0.1) is 0 Å². The van der Waals surface area contributed by atoms with E-state index in [1.54, 1.807) is 23.3 Å². The number of carbonyl (C=O) groups excluding carboxylic acids is 1. The molecule has 0 bridgehead atoms. The van der Waals surface area contributed by atoms with Gasteiger partial charge in [-0.2, -0.15) is 4.72 Å². The molecular formula is C16H18N2O3S2. The monoisotopic (exact) mass is 350 g/mol. The highest BCUT2D eigenvalue weighted by atomic mass is 32.2. The molecule has 23 heavy (non-hydrogen) atoms. The van der Waals surface area contributed by atoms with Crippen molar-refractivity contribution in [3.63, 3.8) is 0 Å². The van der Waals surface area contributed by atoms with Crippen LogP contribution in [0.4, 0.5) is 0 Å². The number of amides is 1. The van der Waals surface area contributed by atoms with Crippen molar-refractivity contribution in [1.29, 1.82) is 0 Å². The summed E-state index contributed by atoms with van der Waals surface area (Å²) in [5.41, 5.74) is 2.38. The van der Waals surface area contributed by atoms with E-state index in [0.29, 0.717) is 13.1 Å². The van der Waals surface area contributed by atoms with Crippen LogP contribution in [-0.4, -0.2) is 31.8 Å². The van der Waals surface area contributed by atoms with E-state index in [1.807, 2.05) is 18.2 Å². The summed E-state index contributed by atoms with van der Waals surface area (Å²) in [6, 6.07) is 10.4. The van der Waals surface area contributed by atoms with E-state index in [4.69, 9.17) is 0 Å². The van der Waals surface area contributed by atoms with E-state index in [2.05, 4.69) is 10.8 Å². The van der Waals surface area contributed by atoms with E-state index >= 15 is 0 Å². The first-order valence-corrected chi connectivity index (χ1v) is 9.75. The summed E-state index contributed by atoms with van der Waals surface area (Å²) >= 11 is 1.13. The van der Waals surface area contributed by atoms with Gasteiger partial charge in [-0.3, -0.25) is 4.79 Å². The van der Waals surface area contributed by atoms with Crippen molar-refractivity contribution in [2.45, 2.75) is 30.1 Å². The second-order valence-corrected chi connectivity index (χ2v) is 8.44. The lowest BCUT2D eigenvalue weighted by atomic mass is 9.99. The van der Waals surface area contributed by atoms with Gasteiger partial charge in [0.05, 0.1) is 6.04 Å². The second kappa shape index (κ2) is 6.43. The Bertz CT molecular complexity index is 800. The van der Waals surface area contributed by atoms with Crippen molar-refractivity contribution in [2.24, 2.45) is 0 Å². The number of sulfonamides is 1. The third-order valence-corrected chi connectivity index (χ3v) is 6.84. The Balaban J connectivity index is 1.69. The van der Waals surface area contributed by atoms with Crippen LogP contribution >= 0.6 is 11.3 Å². The van der Waals surface area contributed by atoms with Crippen LogP contribution < -0.4 is 4.72 Å². The Labute approximate surface area is 140 Å². The minimum atomic E-state index is -3.64. The van der Waals surface area contributed by atoms with E-state index in [-0.39, 0.29) is 10.1 Å². The van der Waals surface area contributed by atoms with E-state index in [1.165, 1.54) is 11.6 Å². The predicted molar refractivity (Wildman–Crippen MR) is 89.7 cm³/mol. The van der Waals surface area contributed by atoms with Crippen LogP contribution in [0.3, 0.4) is 0 Å². The molecule has 0 fully saturated rings. The maximum atomic E-state index is 12.6. The lowest BCUT2D eigenvalue weighted by Gasteiger charge is -2.31. The highest BCUT2D eigenvalue weighted by Crippen LogP contribution is 2.20. The fourth-order valence-corrected chi connectivity index (χ4v) is 4.92. The van der Waals surface area contributed by atoms with Crippen molar-refractivity contribution >= 4 is 27.3 Å². The first-order valence-electron chi connectivity index (χ1n) is 7.39. The van der Waals surface area contributed by atoms with Crippen LogP contribution in [0.15, 0.2) is 46.0 Å². The molecule has 1 aliphatic heterocycles. The van der Waals surface area contributed by atoms with Gasteiger partial charge in [-0.1, -0.05) is 30.3 Å². The fraction of sp³-hybridized carbons (Fsp3) is 0.312. The van der Waals surface area contributed by atoms with Crippen LogP contribution in [0.25, 0.3) is 0 Å². The molecule has 0 spiro atoms. The number of hydrogen-bond acceptors (Lipinski definition) is 4. The Morgan fingerprint density at radius 3 is 2.65 bits per heavy atom. The van der Waals surface area contributed by atoms with Crippen LogP contribution in [-0.2, 0) is 27.8 Å². The van der Waals surface area contributed by atoms with Gasteiger partial charge in [0.1, 0.15) is 4.21 Å². The van der Waals surface area contributed by atoms with Gasteiger partial charge in [-0.15, -0.1) is 11.3 Å². The molecule has 1 N–H and O–H groups in total. The predicted octanol–water partition coefficient (Wildman–Crippen LogP) is 2.00. The molecule has 3 rings (SSSR count). The standard InChI is InChI=1S/C16H18N2O3S2/c1-12(17-23(20,21)15-7-4-10-22-15)16(19)18-9-8-13-5-2-3-6-14(13)11-18/h2-7,10,12,17H,8-9,11H2,1H3/t12-/m0/s1. The quantitative estimate of drug-likeness (QED) is 0.917. The van der Waals surface area contributed by atoms with Gasteiger partial charge in [0.15, 0.2) is 0 Å². The van der Waals surface area contributed by atoms with Crippen LogP contribution in [0.5, 0.6) is 0 Å². The van der Waals surface area contributed by atoms with Gasteiger partial charge in [0.2, 0.25) is 5.91 Å². The van der Waals surface area contributed by atoms with Crippen molar-refractivity contribution in [3.8, 4) is 0 Å². The number of rotatable bonds is 4. The number of benzene rings is 1. The largest absolute Gasteiger partial charge is 0.337 e. The fourth-order valence-electron chi connectivity index (χ4n) is 2.72. The molecule has 122 valence electrons. The Kier molecular flexibility index (Phi) is 4.52. The molecular weight excluding hydrogens is 332 g/mol. The first-order chi connectivity index (χ1) is 11.0. The van der Waals surface area contributed by atoms with Gasteiger partial charge in [-0.25, -0.2) is 8.42 Å². The Morgan fingerprint density at radius 1 is 1.22 bits per heavy atom. The third-order valence-electron chi connectivity index (χ3n) is 3.90.